The predicted molar refractivity (Wildman–Crippen MR) is 275 cm³/mol. The number of aromatic nitrogens is 8. The second-order valence-electron chi connectivity index (χ2n) is 16.8. The van der Waals surface area contributed by atoms with Crippen molar-refractivity contribution < 1.29 is 0 Å². The van der Waals surface area contributed by atoms with Crippen molar-refractivity contribution in [2.75, 3.05) is 0 Å². The lowest BCUT2D eigenvalue weighted by molar-refractivity contribution is 0.954. The van der Waals surface area contributed by atoms with Gasteiger partial charge in [0.15, 0.2) is 29.1 Å². The molecule has 0 spiro atoms. The highest BCUT2D eigenvalue weighted by molar-refractivity contribution is 6.19. The van der Waals surface area contributed by atoms with E-state index in [1.54, 1.807) is 0 Å². The largest absolute Gasteiger partial charge is 0.309 e. The maximum Gasteiger partial charge on any atom is 0.238 e. The minimum absolute atomic E-state index is 0.546. The summed E-state index contributed by atoms with van der Waals surface area (Å²) in [4.78, 5) is 30.7. The predicted octanol–water partition coefficient (Wildman–Crippen LogP) is 14.3. The summed E-state index contributed by atoms with van der Waals surface area (Å²) in [6.07, 6.45) is 0. The van der Waals surface area contributed by atoms with E-state index >= 15 is 0 Å². The van der Waals surface area contributed by atoms with Crippen molar-refractivity contribution in [2.24, 2.45) is 0 Å². The van der Waals surface area contributed by atoms with E-state index in [-0.39, 0.29) is 0 Å². The molecule has 9 aromatic carbocycles. The molecule has 0 aliphatic heterocycles. The van der Waals surface area contributed by atoms with Crippen molar-refractivity contribution in [1.29, 1.82) is 0 Å². The number of nitrogens with zero attached hydrogens (tertiary/aromatic N) is 8. The Bertz CT molecular complexity index is 3940. The zero-order valence-corrected chi connectivity index (χ0v) is 36.5. The molecule has 4 heterocycles. The summed E-state index contributed by atoms with van der Waals surface area (Å²) in [7, 11) is 0. The second-order valence-corrected chi connectivity index (χ2v) is 16.8. The molecule has 13 aromatic rings. The molecule has 4 aromatic heterocycles. The second kappa shape index (κ2) is 16.2. The summed E-state index contributed by atoms with van der Waals surface area (Å²) >= 11 is 0. The summed E-state index contributed by atoms with van der Waals surface area (Å²) in [5, 5.41) is 4.41. The van der Waals surface area contributed by atoms with Crippen LogP contribution in [0.3, 0.4) is 0 Å². The minimum Gasteiger partial charge on any atom is -0.309 e. The number of para-hydroxylation sites is 2. The first-order valence-electron chi connectivity index (χ1n) is 22.6. The van der Waals surface area contributed by atoms with Crippen molar-refractivity contribution in [3.05, 3.63) is 231 Å². The highest BCUT2D eigenvalue weighted by atomic mass is 15.2. The van der Waals surface area contributed by atoms with E-state index in [4.69, 9.17) is 29.9 Å². The van der Waals surface area contributed by atoms with Crippen molar-refractivity contribution in [1.82, 2.24) is 39.0 Å². The van der Waals surface area contributed by atoms with Crippen LogP contribution in [0, 0.1) is 0 Å². The highest BCUT2D eigenvalue weighted by Gasteiger charge is 2.22. The van der Waals surface area contributed by atoms with E-state index in [2.05, 4.69) is 143 Å². The van der Waals surface area contributed by atoms with Crippen molar-refractivity contribution in [3.63, 3.8) is 0 Å². The maximum absolute atomic E-state index is 5.28. The zero-order valence-electron chi connectivity index (χ0n) is 36.5. The molecule has 318 valence electrons. The van der Waals surface area contributed by atoms with Crippen LogP contribution in [0.4, 0.5) is 0 Å². The Morgan fingerprint density at radius 2 is 0.574 bits per heavy atom. The normalized spacial score (nSPS) is 11.5. The first-order valence-corrected chi connectivity index (χ1v) is 22.6. The van der Waals surface area contributed by atoms with Crippen LogP contribution < -0.4 is 0 Å². The number of hydrogen-bond donors (Lipinski definition) is 0. The number of hydrogen-bond acceptors (Lipinski definition) is 6. The monoisotopic (exact) mass is 870 g/mol. The van der Waals surface area contributed by atoms with Crippen molar-refractivity contribution in [3.8, 4) is 79.7 Å². The fraction of sp³-hybridized carbons (Fsp3) is 0. The molecule has 0 aliphatic rings. The van der Waals surface area contributed by atoms with Gasteiger partial charge in [0.2, 0.25) is 5.95 Å². The van der Waals surface area contributed by atoms with Crippen LogP contribution in [0.5, 0.6) is 0 Å². The quantitative estimate of drug-likeness (QED) is 0.151. The van der Waals surface area contributed by atoms with E-state index < -0.39 is 0 Å². The molecule has 0 N–H and O–H groups in total. The van der Waals surface area contributed by atoms with Gasteiger partial charge in [-0.25, -0.2) is 19.9 Å². The standard InChI is InChI=1S/C60H38N8/c1-5-18-39(19-6-1)40-32-34-44(35-33-40)58-64-57(43-24-11-4-12-25-43)65-60(66-58)68-52-31-16-14-29-48(52)50-37-53-49(38-54(50)68)47-28-13-15-30-51(47)67(53)46-27-17-26-45(36-46)59-62-55(41-20-7-2-8-21-41)61-56(63-59)42-22-9-3-10-23-42/h1-38H. The Labute approximate surface area is 391 Å². The Hall–Kier alpha value is -9.40. The molecule has 0 aliphatic carbocycles. The molecule has 0 bridgehead atoms. The van der Waals surface area contributed by atoms with Gasteiger partial charge in [0.1, 0.15) is 0 Å². The van der Waals surface area contributed by atoms with E-state index in [9.17, 15) is 0 Å². The van der Waals surface area contributed by atoms with Crippen molar-refractivity contribution >= 4 is 43.6 Å². The lowest BCUT2D eigenvalue weighted by Gasteiger charge is -2.12. The number of benzene rings is 9. The number of fused-ring (bicyclic) bond motifs is 6. The van der Waals surface area contributed by atoms with Gasteiger partial charge in [0.05, 0.1) is 22.1 Å². The average molecular weight is 871 g/mol. The third-order valence-electron chi connectivity index (χ3n) is 12.6. The Balaban J connectivity index is 1.00. The molecule has 13 rings (SSSR count). The van der Waals surface area contributed by atoms with Crippen LogP contribution in [0.25, 0.3) is 123 Å². The van der Waals surface area contributed by atoms with Gasteiger partial charge in [-0.3, -0.25) is 4.57 Å². The van der Waals surface area contributed by atoms with Crippen LogP contribution in [-0.4, -0.2) is 39.0 Å². The Morgan fingerprint density at radius 1 is 0.221 bits per heavy atom. The summed E-state index contributed by atoms with van der Waals surface area (Å²) in [6, 6.07) is 79.4. The van der Waals surface area contributed by atoms with Gasteiger partial charge >= 0.3 is 0 Å². The zero-order chi connectivity index (χ0) is 45.0. The van der Waals surface area contributed by atoms with Crippen molar-refractivity contribution in [2.45, 2.75) is 0 Å². The van der Waals surface area contributed by atoms with Gasteiger partial charge in [0.25, 0.3) is 0 Å². The molecular formula is C60H38N8. The van der Waals surface area contributed by atoms with Crippen LogP contribution in [0.15, 0.2) is 231 Å². The Kier molecular flexibility index (Phi) is 9.31. The fourth-order valence-electron chi connectivity index (χ4n) is 9.40. The summed E-state index contributed by atoms with van der Waals surface area (Å²) < 4.78 is 4.55. The van der Waals surface area contributed by atoms with E-state index in [1.165, 1.54) is 0 Å². The molecule has 0 amide bonds. The average Bonchev–Trinajstić information content (AvgIpc) is 3.93. The van der Waals surface area contributed by atoms with Gasteiger partial charge in [-0.05, 0) is 47.5 Å². The van der Waals surface area contributed by atoms with Crippen LogP contribution >= 0.6 is 0 Å². The lowest BCUT2D eigenvalue weighted by atomic mass is 10.0. The van der Waals surface area contributed by atoms with Crippen LogP contribution in [0.2, 0.25) is 0 Å². The maximum atomic E-state index is 5.28. The first kappa shape index (κ1) is 39.0. The van der Waals surface area contributed by atoms with E-state index in [1.807, 2.05) is 97.1 Å². The van der Waals surface area contributed by atoms with E-state index in [0.29, 0.717) is 35.1 Å². The van der Waals surface area contributed by atoms with Crippen LogP contribution in [-0.2, 0) is 0 Å². The number of rotatable bonds is 8. The molecule has 8 heteroatoms. The summed E-state index contributed by atoms with van der Waals surface area (Å²) in [6.45, 7) is 0. The molecule has 0 radical (unpaired) electrons. The molecule has 0 fully saturated rings. The SMILES string of the molecule is c1ccc(-c2ccc(-c3nc(-c4ccccc4)nc(-n4c5ccccc5c5cc6c(cc54)c4ccccc4n6-c4cccc(-c5nc(-c6ccccc6)nc(-c6ccccc6)n5)c4)n3)cc2)cc1. The van der Waals surface area contributed by atoms with E-state index in [0.717, 1.165) is 88.2 Å². The molecule has 0 atom stereocenters. The molecule has 8 nitrogen and oxygen atoms in total. The first-order chi connectivity index (χ1) is 33.7. The van der Waals surface area contributed by atoms with Gasteiger partial charge in [-0.1, -0.05) is 194 Å². The molecule has 68 heavy (non-hydrogen) atoms. The lowest BCUT2D eigenvalue weighted by Crippen LogP contribution is -2.06. The Morgan fingerprint density at radius 3 is 1.09 bits per heavy atom. The van der Waals surface area contributed by atoms with Gasteiger partial charge in [0, 0.05) is 55.0 Å². The topological polar surface area (TPSA) is 87.2 Å². The van der Waals surface area contributed by atoms with Gasteiger partial charge < -0.3 is 4.57 Å². The third kappa shape index (κ3) is 6.78. The highest BCUT2D eigenvalue weighted by Crippen LogP contribution is 2.40. The fourth-order valence-corrected chi connectivity index (χ4v) is 9.40. The van der Waals surface area contributed by atoms with Crippen LogP contribution in [0.1, 0.15) is 0 Å². The minimum atomic E-state index is 0.546. The smallest absolute Gasteiger partial charge is 0.238 e. The summed E-state index contributed by atoms with van der Waals surface area (Å²) in [5.74, 6) is 3.60. The molecule has 0 saturated carbocycles. The van der Waals surface area contributed by atoms with Gasteiger partial charge in [-0.2, -0.15) is 9.97 Å². The summed E-state index contributed by atoms with van der Waals surface area (Å²) in [5.41, 5.74) is 12.0. The molecule has 0 unspecified atom stereocenters. The molecular weight excluding hydrogens is 833 g/mol. The third-order valence-corrected chi connectivity index (χ3v) is 12.6. The molecule has 0 saturated heterocycles. The van der Waals surface area contributed by atoms with Gasteiger partial charge in [-0.15, -0.1) is 0 Å².